The van der Waals surface area contributed by atoms with E-state index >= 15 is 0 Å². The van der Waals surface area contributed by atoms with Crippen LogP contribution in [-0.4, -0.2) is 51.6 Å². The van der Waals surface area contributed by atoms with Gasteiger partial charge in [0, 0.05) is 31.3 Å². The van der Waals surface area contributed by atoms with Crippen LogP contribution in [0.25, 0.3) is 0 Å². The third-order valence-corrected chi connectivity index (χ3v) is 5.54. The van der Waals surface area contributed by atoms with E-state index in [0.717, 1.165) is 5.56 Å². The maximum Gasteiger partial charge on any atom is 0.253 e. The van der Waals surface area contributed by atoms with Crippen LogP contribution in [0.3, 0.4) is 0 Å². The number of hydrogen-bond donors (Lipinski definition) is 0. The quantitative estimate of drug-likeness (QED) is 0.728. The lowest BCUT2D eigenvalue weighted by atomic mass is 9.95. The molecule has 7 heteroatoms. The van der Waals surface area contributed by atoms with E-state index in [4.69, 9.17) is 9.47 Å². The molecule has 1 heterocycles. The molecule has 1 aliphatic rings. The van der Waals surface area contributed by atoms with Gasteiger partial charge >= 0.3 is 0 Å². The van der Waals surface area contributed by atoms with Crippen molar-refractivity contribution in [1.82, 2.24) is 4.90 Å². The largest absolute Gasteiger partial charge is 0.454 e. The van der Waals surface area contributed by atoms with Crippen molar-refractivity contribution >= 4 is 15.7 Å². The smallest absolute Gasteiger partial charge is 0.253 e. The molecule has 0 radical (unpaired) electrons. The van der Waals surface area contributed by atoms with E-state index in [-0.39, 0.29) is 24.4 Å². The third kappa shape index (κ3) is 5.01. The van der Waals surface area contributed by atoms with Gasteiger partial charge in [-0.25, -0.2) is 8.42 Å². The molecule has 2 aromatic rings. The van der Waals surface area contributed by atoms with Crippen LogP contribution in [0.1, 0.15) is 28.3 Å². The van der Waals surface area contributed by atoms with Gasteiger partial charge < -0.3 is 14.4 Å². The first kappa shape index (κ1) is 19.2. The minimum Gasteiger partial charge on any atom is -0.454 e. The minimum atomic E-state index is -3.11. The topological polar surface area (TPSA) is 72.9 Å². The van der Waals surface area contributed by atoms with E-state index in [9.17, 15) is 13.2 Å². The van der Waals surface area contributed by atoms with Gasteiger partial charge in [-0.2, -0.15) is 0 Å². The second-order valence-electron chi connectivity index (χ2n) is 6.78. The van der Waals surface area contributed by atoms with E-state index in [1.807, 2.05) is 36.4 Å². The number of benzene rings is 2. The Kier molecular flexibility index (Phi) is 5.70. The van der Waals surface area contributed by atoms with E-state index in [0.29, 0.717) is 30.0 Å². The Hall–Kier alpha value is -2.54. The van der Waals surface area contributed by atoms with Crippen molar-refractivity contribution in [3.05, 3.63) is 59.7 Å². The fraction of sp³-hybridized carbons (Fsp3) is 0.350. The van der Waals surface area contributed by atoms with E-state index < -0.39 is 9.84 Å². The third-order valence-electron chi connectivity index (χ3n) is 4.57. The molecule has 0 aromatic heterocycles. The number of ether oxygens (including phenoxy) is 2. The molecular weight excluding hydrogens is 366 g/mol. The Bertz CT molecular complexity index is 911. The molecule has 144 valence electrons. The highest BCUT2D eigenvalue weighted by Gasteiger charge is 2.22. The van der Waals surface area contributed by atoms with Crippen molar-refractivity contribution in [2.45, 2.75) is 12.3 Å². The highest BCUT2D eigenvalue weighted by atomic mass is 32.2. The van der Waals surface area contributed by atoms with Gasteiger partial charge in [0.05, 0.1) is 5.75 Å². The van der Waals surface area contributed by atoms with Crippen LogP contribution in [0.5, 0.6) is 11.5 Å². The lowest BCUT2D eigenvalue weighted by molar-refractivity contribution is 0.0785. The molecule has 0 N–H and O–H groups in total. The Morgan fingerprint density at radius 3 is 2.52 bits per heavy atom. The molecule has 0 saturated heterocycles. The molecule has 1 amide bonds. The first-order chi connectivity index (χ1) is 12.8. The summed E-state index contributed by atoms with van der Waals surface area (Å²) >= 11 is 0. The zero-order valence-electron chi connectivity index (χ0n) is 15.4. The molecule has 0 aliphatic carbocycles. The van der Waals surface area contributed by atoms with Crippen molar-refractivity contribution in [3.63, 3.8) is 0 Å². The molecule has 0 spiro atoms. The van der Waals surface area contributed by atoms with Crippen LogP contribution >= 0.6 is 0 Å². The summed E-state index contributed by atoms with van der Waals surface area (Å²) in [5, 5.41) is 0. The average molecular weight is 389 g/mol. The lowest BCUT2D eigenvalue weighted by Crippen LogP contribution is -2.31. The monoisotopic (exact) mass is 389 g/mol. The molecule has 3 rings (SSSR count). The molecule has 2 aromatic carbocycles. The second-order valence-corrected chi connectivity index (χ2v) is 9.04. The predicted molar refractivity (Wildman–Crippen MR) is 103 cm³/mol. The fourth-order valence-corrected chi connectivity index (χ4v) is 3.81. The Labute approximate surface area is 159 Å². The maximum atomic E-state index is 12.7. The van der Waals surface area contributed by atoms with Crippen LogP contribution in [0.15, 0.2) is 48.5 Å². The van der Waals surface area contributed by atoms with Gasteiger partial charge in [0.25, 0.3) is 5.91 Å². The van der Waals surface area contributed by atoms with Gasteiger partial charge in [-0.1, -0.05) is 24.3 Å². The number of amides is 1. The van der Waals surface area contributed by atoms with Crippen LogP contribution in [-0.2, 0) is 9.84 Å². The fourth-order valence-electron chi connectivity index (χ4n) is 3.10. The van der Waals surface area contributed by atoms with Crippen LogP contribution in [0, 0.1) is 0 Å². The van der Waals surface area contributed by atoms with E-state index in [1.165, 1.54) is 6.26 Å². The SMILES string of the molecule is CN(CC(CCS(C)(=O)=O)c1ccc2c(c1)OCO2)C(=O)c1ccccc1. The lowest BCUT2D eigenvalue weighted by Gasteiger charge is -2.25. The zero-order valence-corrected chi connectivity index (χ0v) is 16.2. The summed E-state index contributed by atoms with van der Waals surface area (Å²) in [6.45, 7) is 0.585. The maximum absolute atomic E-state index is 12.7. The highest BCUT2D eigenvalue weighted by Crippen LogP contribution is 2.35. The molecule has 0 bridgehead atoms. The number of rotatable bonds is 7. The molecule has 1 unspecified atom stereocenters. The molecule has 0 fully saturated rings. The van der Waals surface area contributed by atoms with Crippen LogP contribution in [0.2, 0.25) is 0 Å². The van der Waals surface area contributed by atoms with Gasteiger partial charge in [0.2, 0.25) is 6.79 Å². The molecule has 1 aliphatic heterocycles. The van der Waals surface area contributed by atoms with Crippen molar-refractivity contribution in [1.29, 1.82) is 0 Å². The summed E-state index contributed by atoms with van der Waals surface area (Å²) in [5.74, 6) is 1.15. The number of fused-ring (bicyclic) bond motifs is 1. The van der Waals surface area contributed by atoms with Gasteiger partial charge in [-0.05, 0) is 36.2 Å². The van der Waals surface area contributed by atoms with E-state index in [2.05, 4.69) is 0 Å². The number of carbonyl (C=O) groups is 1. The average Bonchev–Trinajstić information content (AvgIpc) is 3.12. The Morgan fingerprint density at radius 2 is 1.81 bits per heavy atom. The van der Waals surface area contributed by atoms with Gasteiger partial charge in [-0.3, -0.25) is 4.79 Å². The normalized spacial score (nSPS) is 14.0. The number of nitrogens with zero attached hydrogens (tertiary/aromatic N) is 1. The molecular formula is C20H23NO5S. The first-order valence-electron chi connectivity index (χ1n) is 8.71. The van der Waals surface area contributed by atoms with Crippen LogP contribution in [0.4, 0.5) is 0 Å². The van der Waals surface area contributed by atoms with E-state index in [1.54, 1.807) is 24.1 Å². The molecule has 0 saturated carbocycles. The van der Waals surface area contributed by atoms with Gasteiger partial charge in [0.1, 0.15) is 9.84 Å². The summed E-state index contributed by atoms with van der Waals surface area (Å²) in [6, 6.07) is 14.6. The summed E-state index contributed by atoms with van der Waals surface area (Å²) in [6.07, 6.45) is 1.65. The zero-order chi connectivity index (χ0) is 19.4. The molecule has 27 heavy (non-hydrogen) atoms. The second kappa shape index (κ2) is 8.00. The molecule has 6 nitrogen and oxygen atoms in total. The summed E-state index contributed by atoms with van der Waals surface area (Å²) in [4.78, 5) is 14.3. The summed E-state index contributed by atoms with van der Waals surface area (Å²) in [7, 11) is -1.37. The standard InChI is InChI=1S/C20H23NO5S/c1-21(20(22)15-6-4-3-5-7-15)13-17(10-11-27(2,23)24)16-8-9-18-19(12-16)26-14-25-18/h3-9,12,17H,10-11,13-14H2,1-2H3. The van der Waals surface area contributed by atoms with Crippen molar-refractivity contribution in [3.8, 4) is 11.5 Å². The minimum absolute atomic E-state index is 0.0550. The Balaban J connectivity index is 1.80. The van der Waals surface area contributed by atoms with Gasteiger partial charge in [0.15, 0.2) is 11.5 Å². The Morgan fingerprint density at radius 1 is 1.11 bits per heavy atom. The van der Waals surface area contributed by atoms with Crippen molar-refractivity contribution < 1.29 is 22.7 Å². The van der Waals surface area contributed by atoms with Crippen LogP contribution < -0.4 is 9.47 Å². The van der Waals surface area contributed by atoms with Crippen molar-refractivity contribution in [2.75, 3.05) is 32.4 Å². The number of hydrogen-bond acceptors (Lipinski definition) is 5. The van der Waals surface area contributed by atoms with Crippen molar-refractivity contribution in [2.24, 2.45) is 0 Å². The summed E-state index contributed by atoms with van der Waals surface area (Å²) in [5.41, 5.74) is 1.53. The predicted octanol–water partition coefficient (Wildman–Crippen LogP) is 2.71. The summed E-state index contributed by atoms with van der Waals surface area (Å²) < 4.78 is 34.1. The number of carbonyl (C=O) groups excluding carboxylic acids is 1. The number of sulfone groups is 1. The first-order valence-corrected chi connectivity index (χ1v) is 10.8. The highest BCUT2D eigenvalue weighted by molar-refractivity contribution is 7.90. The molecule has 1 atom stereocenters. The number of likely N-dealkylation sites (N-methyl/N-ethyl adjacent to an activating group) is 1. The van der Waals surface area contributed by atoms with Gasteiger partial charge in [-0.15, -0.1) is 0 Å².